The Bertz CT molecular complexity index is 432. The van der Waals surface area contributed by atoms with Gasteiger partial charge < -0.3 is 15.3 Å². The smallest absolute Gasteiger partial charge is 0.329 e. The molecule has 1 aliphatic carbocycles. The zero-order valence-corrected chi connectivity index (χ0v) is 12.7. The Labute approximate surface area is 125 Å². The highest BCUT2D eigenvalue weighted by atomic mass is 16.3. The fraction of sp³-hybridized carbons (Fsp3) is 0.867. The molecule has 6 heteroatoms. The number of urea groups is 1. The molecule has 6 nitrogen and oxygen atoms in total. The van der Waals surface area contributed by atoms with Crippen LogP contribution in [0.3, 0.4) is 0 Å². The lowest BCUT2D eigenvalue weighted by Gasteiger charge is -2.34. The van der Waals surface area contributed by atoms with Gasteiger partial charge in [0.05, 0.1) is 6.54 Å². The van der Waals surface area contributed by atoms with Crippen LogP contribution in [0.2, 0.25) is 0 Å². The van der Waals surface area contributed by atoms with Crippen LogP contribution in [0.1, 0.15) is 45.4 Å². The summed E-state index contributed by atoms with van der Waals surface area (Å²) >= 11 is 0. The van der Waals surface area contributed by atoms with Crippen molar-refractivity contribution in [2.24, 2.45) is 5.92 Å². The van der Waals surface area contributed by atoms with Crippen LogP contribution in [0.15, 0.2) is 0 Å². The van der Waals surface area contributed by atoms with Crippen molar-refractivity contribution in [3.8, 4) is 0 Å². The molecule has 1 unspecified atom stereocenters. The van der Waals surface area contributed by atoms with Crippen LogP contribution in [0.5, 0.6) is 0 Å². The Balaban J connectivity index is 1.66. The molecule has 3 aliphatic rings. The summed E-state index contributed by atoms with van der Waals surface area (Å²) in [6.07, 6.45) is 4.97. The molecule has 3 fully saturated rings. The number of hydrogen-bond acceptors (Lipinski definition) is 3. The second-order valence-corrected chi connectivity index (χ2v) is 7.09. The Kier molecular flexibility index (Phi) is 3.92. The second kappa shape index (κ2) is 5.57. The number of aliphatic hydroxyl groups is 1. The standard InChI is InChI=1S/C15H25N3O3/c1-11-4-6-15(7-5-11)13(20)18(14(21)16-15)10-17-8-2-3-12(19)9-17/h11-12,19H,2-10H2,1H3,(H,16,21)/p+1/t11?,12-,15?/m1/s1. The molecule has 2 aliphatic heterocycles. The first-order valence-corrected chi connectivity index (χ1v) is 8.16. The molecule has 0 aromatic rings. The van der Waals surface area contributed by atoms with Gasteiger partial charge in [0.25, 0.3) is 5.91 Å². The van der Waals surface area contributed by atoms with Crippen molar-refractivity contribution in [1.29, 1.82) is 0 Å². The van der Waals surface area contributed by atoms with Crippen LogP contribution in [0, 0.1) is 5.92 Å². The first kappa shape index (κ1) is 14.8. The number of likely N-dealkylation sites (tertiary alicyclic amines) is 1. The third-order valence-electron chi connectivity index (χ3n) is 5.35. The van der Waals surface area contributed by atoms with E-state index in [1.54, 1.807) is 0 Å². The number of imide groups is 1. The molecule has 0 radical (unpaired) electrons. The van der Waals surface area contributed by atoms with Gasteiger partial charge in [-0.2, -0.15) is 0 Å². The maximum Gasteiger partial charge on any atom is 0.329 e. The van der Waals surface area contributed by atoms with Gasteiger partial charge in [-0.1, -0.05) is 6.92 Å². The predicted octanol–water partition coefficient (Wildman–Crippen LogP) is -0.516. The van der Waals surface area contributed by atoms with Gasteiger partial charge in [-0.15, -0.1) is 0 Å². The highest BCUT2D eigenvalue weighted by Gasteiger charge is 2.53. The number of nitrogens with one attached hydrogen (secondary N) is 2. The predicted molar refractivity (Wildman–Crippen MR) is 76.5 cm³/mol. The summed E-state index contributed by atoms with van der Waals surface area (Å²) in [4.78, 5) is 27.4. The van der Waals surface area contributed by atoms with Crippen LogP contribution < -0.4 is 10.2 Å². The van der Waals surface area contributed by atoms with Gasteiger partial charge >= 0.3 is 6.03 Å². The van der Waals surface area contributed by atoms with Gasteiger partial charge in [0.2, 0.25) is 0 Å². The van der Waals surface area contributed by atoms with Gasteiger partial charge in [-0.25, -0.2) is 9.69 Å². The summed E-state index contributed by atoms with van der Waals surface area (Å²) in [5.74, 6) is 0.587. The zero-order valence-electron chi connectivity index (χ0n) is 12.7. The van der Waals surface area contributed by atoms with Gasteiger partial charge in [0, 0.05) is 0 Å². The van der Waals surface area contributed by atoms with E-state index < -0.39 is 5.54 Å². The van der Waals surface area contributed by atoms with Crippen molar-refractivity contribution in [1.82, 2.24) is 10.2 Å². The van der Waals surface area contributed by atoms with Gasteiger partial charge in [0.1, 0.15) is 18.2 Å². The summed E-state index contributed by atoms with van der Waals surface area (Å²) in [6.45, 7) is 4.13. The number of nitrogens with zero attached hydrogens (tertiary/aromatic N) is 1. The number of amides is 3. The van der Waals surface area contributed by atoms with Crippen molar-refractivity contribution in [3.05, 3.63) is 0 Å². The molecule has 3 amide bonds. The highest BCUT2D eigenvalue weighted by Crippen LogP contribution is 2.35. The Morgan fingerprint density at radius 3 is 2.71 bits per heavy atom. The van der Waals surface area contributed by atoms with E-state index in [0.29, 0.717) is 19.1 Å². The molecular weight excluding hydrogens is 270 g/mol. The Morgan fingerprint density at radius 2 is 2.05 bits per heavy atom. The van der Waals surface area contributed by atoms with Crippen molar-refractivity contribution in [3.63, 3.8) is 0 Å². The topological polar surface area (TPSA) is 74.1 Å². The number of rotatable bonds is 2. The number of carbonyl (C=O) groups excluding carboxylic acids is 2. The van der Waals surface area contributed by atoms with Gasteiger partial charge in [0.15, 0.2) is 6.67 Å². The third-order valence-corrected chi connectivity index (χ3v) is 5.35. The summed E-state index contributed by atoms with van der Waals surface area (Å²) in [7, 11) is 0. The van der Waals surface area contributed by atoms with E-state index in [9.17, 15) is 14.7 Å². The minimum Gasteiger partial charge on any atom is -0.387 e. The lowest BCUT2D eigenvalue weighted by atomic mass is 9.77. The van der Waals surface area contributed by atoms with Crippen molar-refractivity contribution < 1.29 is 19.6 Å². The summed E-state index contributed by atoms with van der Waals surface area (Å²) in [5, 5.41) is 12.7. The summed E-state index contributed by atoms with van der Waals surface area (Å²) in [6, 6.07) is -0.248. The van der Waals surface area contributed by atoms with E-state index in [4.69, 9.17) is 0 Å². The Morgan fingerprint density at radius 1 is 1.33 bits per heavy atom. The molecule has 0 aromatic carbocycles. The molecule has 1 saturated carbocycles. The fourth-order valence-electron chi connectivity index (χ4n) is 3.91. The number of hydrogen-bond donors (Lipinski definition) is 3. The zero-order chi connectivity index (χ0) is 15.0. The molecule has 0 bridgehead atoms. The van der Waals surface area contributed by atoms with Crippen molar-refractivity contribution >= 4 is 11.9 Å². The molecule has 3 rings (SSSR count). The van der Waals surface area contributed by atoms with Gasteiger partial charge in [-0.05, 0) is 44.4 Å². The van der Waals surface area contributed by atoms with Crippen molar-refractivity contribution in [2.75, 3.05) is 19.8 Å². The molecule has 118 valence electrons. The molecule has 2 saturated heterocycles. The summed E-state index contributed by atoms with van der Waals surface area (Å²) < 4.78 is 0. The Hall–Kier alpha value is -1.14. The van der Waals surface area contributed by atoms with E-state index in [0.717, 1.165) is 50.0 Å². The van der Waals surface area contributed by atoms with E-state index in [2.05, 4.69) is 12.2 Å². The maximum atomic E-state index is 12.7. The SMILES string of the molecule is CC1CCC2(CC1)NC(=O)N(C[NH+]1CCC[C@@H](O)C1)C2=O. The van der Waals surface area contributed by atoms with Crippen LogP contribution in [0.4, 0.5) is 4.79 Å². The average Bonchev–Trinajstić information content (AvgIpc) is 2.67. The van der Waals surface area contributed by atoms with Crippen LogP contribution in [0.25, 0.3) is 0 Å². The second-order valence-electron chi connectivity index (χ2n) is 7.09. The number of piperidine rings is 1. The largest absolute Gasteiger partial charge is 0.387 e. The molecular formula is C15H26N3O3+. The molecule has 2 atom stereocenters. The highest BCUT2D eigenvalue weighted by molar-refractivity contribution is 6.06. The van der Waals surface area contributed by atoms with Gasteiger partial charge in [-0.3, -0.25) is 4.79 Å². The molecule has 0 aromatic heterocycles. The number of aliphatic hydroxyl groups excluding tert-OH is 1. The number of quaternary nitrogens is 1. The minimum absolute atomic E-state index is 0.0491. The normalized spacial score (nSPS) is 40.7. The monoisotopic (exact) mass is 296 g/mol. The first-order chi connectivity index (χ1) is 10.00. The van der Waals surface area contributed by atoms with E-state index in [1.165, 1.54) is 4.90 Å². The quantitative estimate of drug-likeness (QED) is 0.601. The fourth-order valence-corrected chi connectivity index (χ4v) is 3.91. The van der Waals surface area contributed by atoms with Crippen LogP contribution >= 0.6 is 0 Å². The third kappa shape index (κ3) is 2.79. The average molecular weight is 296 g/mol. The van der Waals surface area contributed by atoms with Crippen LogP contribution in [-0.4, -0.2) is 53.3 Å². The lowest BCUT2D eigenvalue weighted by molar-refractivity contribution is -0.915. The van der Waals surface area contributed by atoms with Crippen molar-refractivity contribution in [2.45, 2.75) is 57.1 Å². The number of carbonyl (C=O) groups is 2. The van der Waals surface area contributed by atoms with Crippen LogP contribution in [-0.2, 0) is 4.79 Å². The summed E-state index contributed by atoms with van der Waals surface area (Å²) in [5.41, 5.74) is -0.641. The van der Waals surface area contributed by atoms with E-state index >= 15 is 0 Å². The molecule has 3 N–H and O–H groups in total. The first-order valence-electron chi connectivity index (χ1n) is 8.16. The maximum absolute atomic E-state index is 12.7. The molecule has 2 heterocycles. The minimum atomic E-state index is -0.641. The molecule has 1 spiro atoms. The lowest BCUT2D eigenvalue weighted by Crippen LogP contribution is -3.15. The van der Waals surface area contributed by atoms with E-state index in [-0.39, 0.29) is 18.0 Å². The van der Waals surface area contributed by atoms with E-state index in [1.807, 2.05) is 0 Å². The molecule has 21 heavy (non-hydrogen) atoms.